The summed E-state index contributed by atoms with van der Waals surface area (Å²) < 4.78 is 2.05. The molecule has 0 unspecified atom stereocenters. The van der Waals surface area contributed by atoms with E-state index in [1.54, 1.807) is 11.3 Å². The molecule has 1 N–H and O–H groups in total. The predicted octanol–water partition coefficient (Wildman–Crippen LogP) is 5.36. The summed E-state index contributed by atoms with van der Waals surface area (Å²) >= 11 is 8.76. The number of hydrogen-bond donors (Lipinski definition) is 1. The van der Waals surface area contributed by atoms with Gasteiger partial charge in [0.1, 0.15) is 5.82 Å². The minimum Gasteiger partial charge on any atom is -0.369 e. The van der Waals surface area contributed by atoms with E-state index < -0.39 is 0 Å². The normalized spacial score (nSPS) is 11.1. The molecule has 0 radical (unpaired) electrons. The third-order valence-corrected chi connectivity index (χ3v) is 5.17. The Morgan fingerprint density at radius 3 is 2.60 bits per heavy atom. The molecule has 20 heavy (non-hydrogen) atoms. The van der Waals surface area contributed by atoms with Gasteiger partial charge in [0.15, 0.2) is 5.82 Å². The molecule has 0 aromatic carbocycles. The summed E-state index contributed by atoms with van der Waals surface area (Å²) in [7, 11) is 0. The molecule has 0 saturated carbocycles. The van der Waals surface area contributed by atoms with Crippen molar-refractivity contribution in [1.29, 1.82) is 0 Å². The van der Waals surface area contributed by atoms with E-state index in [0.29, 0.717) is 5.92 Å². The fourth-order valence-electron chi connectivity index (χ4n) is 1.84. The average Bonchev–Trinajstić information content (AvgIpc) is 2.80. The Labute approximate surface area is 140 Å². The summed E-state index contributed by atoms with van der Waals surface area (Å²) in [6.07, 6.45) is 0.932. The second-order valence-electron chi connectivity index (χ2n) is 4.91. The molecule has 2 aromatic rings. The highest BCUT2D eigenvalue weighted by molar-refractivity contribution is 9.11. The van der Waals surface area contributed by atoms with Gasteiger partial charge in [-0.05, 0) is 57.2 Å². The van der Waals surface area contributed by atoms with Crippen molar-refractivity contribution in [2.24, 2.45) is 5.92 Å². The fraction of sp³-hybridized carbons (Fsp3) is 0.429. The van der Waals surface area contributed by atoms with Crippen molar-refractivity contribution in [3.63, 3.8) is 0 Å². The first-order chi connectivity index (χ1) is 9.51. The lowest BCUT2D eigenvalue weighted by molar-refractivity contribution is 0.632. The Balaban J connectivity index is 2.49. The lowest BCUT2D eigenvalue weighted by Crippen LogP contribution is -2.07. The molecule has 0 aliphatic carbocycles. The third kappa shape index (κ3) is 3.80. The number of hydrogen-bond acceptors (Lipinski definition) is 4. The molecule has 0 aliphatic rings. The van der Waals surface area contributed by atoms with E-state index in [4.69, 9.17) is 4.98 Å². The number of thiophene rings is 1. The van der Waals surface area contributed by atoms with Crippen LogP contribution in [0.1, 0.15) is 26.5 Å². The summed E-state index contributed by atoms with van der Waals surface area (Å²) in [5, 5.41) is 5.35. The summed E-state index contributed by atoms with van der Waals surface area (Å²) in [4.78, 5) is 10.4. The average molecular weight is 419 g/mol. The lowest BCUT2D eigenvalue weighted by Gasteiger charge is -2.13. The molecule has 2 aromatic heterocycles. The van der Waals surface area contributed by atoms with Gasteiger partial charge in [-0.2, -0.15) is 0 Å². The van der Waals surface area contributed by atoms with Crippen molar-refractivity contribution in [2.75, 3.05) is 11.9 Å². The highest BCUT2D eigenvalue weighted by Crippen LogP contribution is 2.32. The van der Waals surface area contributed by atoms with Gasteiger partial charge in [-0.15, -0.1) is 11.3 Å². The van der Waals surface area contributed by atoms with E-state index in [1.807, 2.05) is 0 Å². The highest BCUT2D eigenvalue weighted by atomic mass is 79.9. The van der Waals surface area contributed by atoms with Crippen molar-refractivity contribution < 1.29 is 0 Å². The topological polar surface area (TPSA) is 37.8 Å². The van der Waals surface area contributed by atoms with E-state index in [-0.39, 0.29) is 0 Å². The number of rotatable bonds is 5. The van der Waals surface area contributed by atoms with Gasteiger partial charge < -0.3 is 5.32 Å². The molecule has 0 aliphatic heterocycles. The van der Waals surface area contributed by atoms with Gasteiger partial charge in [-0.1, -0.05) is 13.8 Å². The summed E-state index contributed by atoms with van der Waals surface area (Å²) in [6, 6.07) is 2.06. The zero-order valence-corrected chi connectivity index (χ0v) is 15.7. The van der Waals surface area contributed by atoms with Crippen LogP contribution in [0, 0.1) is 5.92 Å². The Morgan fingerprint density at radius 2 is 2.05 bits per heavy atom. The Kier molecular flexibility index (Phi) is 5.57. The van der Waals surface area contributed by atoms with Crippen LogP contribution >= 0.6 is 43.2 Å². The van der Waals surface area contributed by atoms with Crippen molar-refractivity contribution in [3.05, 3.63) is 26.1 Å². The molecule has 0 fully saturated rings. The first-order valence-electron chi connectivity index (χ1n) is 6.56. The van der Waals surface area contributed by atoms with Crippen LogP contribution in [0.15, 0.2) is 20.4 Å². The van der Waals surface area contributed by atoms with Crippen LogP contribution in [-0.4, -0.2) is 16.5 Å². The molecule has 0 amide bonds. The molecule has 2 rings (SSSR count). The van der Waals surface area contributed by atoms with Crippen LogP contribution < -0.4 is 5.32 Å². The van der Waals surface area contributed by atoms with Gasteiger partial charge in [0, 0.05) is 16.4 Å². The number of nitrogens with one attached hydrogen (secondary N) is 1. The zero-order chi connectivity index (χ0) is 14.7. The molecule has 2 heterocycles. The van der Waals surface area contributed by atoms with E-state index in [1.165, 1.54) is 0 Å². The van der Waals surface area contributed by atoms with Gasteiger partial charge in [0.25, 0.3) is 0 Å². The highest BCUT2D eigenvalue weighted by Gasteiger charge is 2.15. The quantitative estimate of drug-likeness (QED) is 0.709. The van der Waals surface area contributed by atoms with Crippen molar-refractivity contribution in [1.82, 2.24) is 9.97 Å². The fourth-order valence-corrected chi connectivity index (χ4v) is 3.68. The van der Waals surface area contributed by atoms with Crippen LogP contribution in [0.2, 0.25) is 0 Å². The smallest absolute Gasteiger partial charge is 0.171 e. The molecule has 0 saturated heterocycles. The van der Waals surface area contributed by atoms with Gasteiger partial charge in [-0.3, -0.25) is 0 Å². The van der Waals surface area contributed by atoms with Crippen LogP contribution in [0.5, 0.6) is 0 Å². The van der Waals surface area contributed by atoms with Crippen molar-refractivity contribution in [3.8, 4) is 10.7 Å². The zero-order valence-electron chi connectivity index (χ0n) is 11.7. The Hall–Kier alpha value is -0.460. The van der Waals surface area contributed by atoms with Gasteiger partial charge >= 0.3 is 0 Å². The number of nitrogens with zero attached hydrogens (tertiary/aromatic N) is 2. The lowest BCUT2D eigenvalue weighted by atomic mass is 10.1. The molecule has 108 valence electrons. The first-order valence-corrected chi connectivity index (χ1v) is 9.02. The van der Waals surface area contributed by atoms with E-state index in [9.17, 15) is 0 Å². The van der Waals surface area contributed by atoms with E-state index in [0.717, 1.165) is 44.1 Å². The van der Waals surface area contributed by atoms with Crippen LogP contribution in [0.4, 0.5) is 5.82 Å². The second kappa shape index (κ2) is 7.00. The molecule has 0 atom stereocenters. The minimum absolute atomic E-state index is 0.554. The maximum atomic E-state index is 4.73. The molecule has 6 heteroatoms. The molecular weight excluding hydrogens is 402 g/mol. The van der Waals surface area contributed by atoms with Crippen LogP contribution in [0.3, 0.4) is 0 Å². The Bertz CT molecular complexity index is 596. The third-order valence-electron chi connectivity index (χ3n) is 2.65. The van der Waals surface area contributed by atoms with Gasteiger partial charge in [0.2, 0.25) is 0 Å². The summed E-state index contributed by atoms with van der Waals surface area (Å²) in [6.45, 7) is 7.30. The monoisotopic (exact) mass is 417 g/mol. The number of anilines is 1. The summed E-state index contributed by atoms with van der Waals surface area (Å²) in [5.41, 5.74) is 1.06. The maximum absolute atomic E-state index is 4.73. The number of halogens is 2. The largest absolute Gasteiger partial charge is 0.369 e. The van der Waals surface area contributed by atoms with Crippen LogP contribution in [0.25, 0.3) is 10.7 Å². The van der Waals surface area contributed by atoms with E-state index >= 15 is 0 Å². The second-order valence-corrected chi connectivity index (χ2v) is 7.53. The SMILES string of the molecule is CCNc1nc(-c2cc(Br)cs2)nc(CC(C)C)c1Br. The summed E-state index contributed by atoms with van der Waals surface area (Å²) in [5.74, 6) is 2.21. The molecule has 3 nitrogen and oxygen atoms in total. The standard InChI is InChI=1S/C14H17Br2N3S/c1-4-17-14-12(16)10(5-8(2)3)18-13(19-14)11-6-9(15)7-20-11/h6-8H,4-5H2,1-3H3,(H,17,18,19). The minimum atomic E-state index is 0.554. The van der Waals surface area contributed by atoms with Gasteiger partial charge in [-0.25, -0.2) is 9.97 Å². The van der Waals surface area contributed by atoms with E-state index in [2.05, 4.69) is 74.4 Å². The first kappa shape index (κ1) is 15.9. The molecule has 0 bridgehead atoms. The van der Waals surface area contributed by atoms with Gasteiger partial charge in [0.05, 0.1) is 15.0 Å². The molecular formula is C14H17Br2N3S. The number of aromatic nitrogens is 2. The Morgan fingerprint density at radius 1 is 1.30 bits per heavy atom. The van der Waals surface area contributed by atoms with Crippen molar-refractivity contribution >= 4 is 49.0 Å². The van der Waals surface area contributed by atoms with Crippen LogP contribution in [-0.2, 0) is 6.42 Å². The van der Waals surface area contributed by atoms with Crippen molar-refractivity contribution in [2.45, 2.75) is 27.2 Å². The predicted molar refractivity (Wildman–Crippen MR) is 93.5 cm³/mol. The molecule has 0 spiro atoms. The maximum Gasteiger partial charge on any atom is 0.171 e.